The summed E-state index contributed by atoms with van der Waals surface area (Å²) in [6.07, 6.45) is 0.533. The molecule has 0 heterocycles. The summed E-state index contributed by atoms with van der Waals surface area (Å²) in [7, 11) is 0. The number of aryl methyl sites for hydroxylation is 2. The van der Waals surface area contributed by atoms with Crippen molar-refractivity contribution in [3.8, 4) is 11.5 Å². The molecular weight excluding hydrogens is 236 g/mol. The zero-order valence-corrected chi connectivity index (χ0v) is 11.7. The van der Waals surface area contributed by atoms with Crippen molar-refractivity contribution in [1.29, 1.82) is 0 Å². The van der Waals surface area contributed by atoms with Crippen molar-refractivity contribution >= 4 is 0 Å². The van der Waals surface area contributed by atoms with Crippen LogP contribution in [0.4, 0.5) is 0 Å². The lowest BCUT2D eigenvalue weighted by molar-refractivity contribution is 0.00279. The molecular formula is C17H20O2. The first-order valence-electron chi connectivity index (χ1n) is 6.64. The van der Waals surface area contributed by atoms with Crippen molar-refractivity contribution in [2.75, 3.05) is 0 Å². The van der Waals surface area contributed by atoms with Gasteiger partial charge in [-0.1, -0.05) is 42.8 Å². The minimum Gasteiger partial charge on any atom is -0.455 e. The van der Waals surface area contributed by atoms with Gasteiger partial charge in [-0.2, -0.15) is 0 Å². The molecule has 19 heavy (non-hydrogen) atoms. The number of hydrogen-bond acceptors (Lipinski definition) is 2. The van der Waals surface area contributed by atoms with Gasteiger partial charge < -0.3 is 9.47 Å². The van der Waals surface area contributed by atoms with E-state index >= 15 is 0 Å². The standard InChI is InChI=1S/C17H20O2/c1-4-17(18-15-11-9-13(2)10-12-15)19-16-8-6-5-7-14(16)3/h5-12,17H,4H2,1-3H3. The van der Waals surface area contributed by atoms with Crippen molar-refractivity contribution in [2.45, 2.75) is 33.5 Å². The minimum absolute atomic E-state index is 0.260. The van der Waals surface area contributed by atoms with Crippen LogP contribution >= 0.6 is 0 Å². The lowest BCUT2D eigenvalue weighted by Crippen LogP contribution is -2.23. The highest BCUT2D eigenvalue weighted by molar-refractivity contribution is 5.32. The van der Waals surface area contributed by atoms with E-state index in [1.807, 2.05) is 55.5 Å². The molecule has 100 valence electrons. The Morgan fingerprint density at radius 2 is 1.58 bits per heavy atom. The highest BCUT2D eigenvalue weighted by Gasteiger charge is 2.10. The number of rotatable bonds is 5. The lowest BCUT2D eigenvalue weighted by atomic mass is 10.2. The quantitative estimate of drug-likeness (QED) is 0.733. The van der Waals surface area contributed by atoms with Crippen LogP contribution in [0, 0.1) is 13.8 Å². The van der Waals surface area contributed by atoms with Crippen molar-refractivity contribution in [3.05, 3.63) is 59.7 Å². The van der Waals surface area contributed by atoms with Crippen LogP contribution in [0.2, 0.25) is 0 Å². The van der Waals surface area contributed by atoms with E-state index in [1.165, 1.54) is 5.56 Å². The molecule has 0 bridgehead atoms. The maximum absolute atomic E-state index is 5.91. The second-order valence-corrected chi connectivity index (χ2v) is 4.65. The minimum atomic E-state index is -0.260. The molecule has 1 atom stereocenters. The molecule has 0 aliphatic heterocycles. The Morgan fingerprint density at radius 3 is 2.21 bits per heavy atom. The van der Waals surface area contributed by atoms with Gasteiger partial charge in [0.05, 0.1) is 0 Å². The topological polar surface area (TPSA) is 18.5 Å². The molecule has 2 rings (SSSR count). The molecule has 0 aliphatic rings. The lowest BCUT2D eigenvalue weighted by Gasteiger charge is -2.20. The first-order chi connectivity index (χ1) is 9.19. The van der Waals surface area contributed by atoms with E-state index in [4.69, 9.17) is 9.47 Å². The van der Waals surface area contributed by atoms with Crippen LogP contribution in [0.5, 0.6) is 11.5 Å². The monoisotopic (exact) mass is 256 g/mol. The molecule has 0 fully saturated rings. The fourth-order valence-electron chi connectivity index (χ4n) is 1.79. The summed E-state index contributed by atoms with van der Waals surface area (Å²) in [5.74, 6) is 1.72. The molecule has 2 nitrogen and oxygen atoms in total. The molecule has 0 aliphatic carbocycles. The predicted molar refractivity (Wildman–Crippen MR) is 77.7 cm³/mol. The summed E-state index contributed by atoms with van der Waals surface area (Å²) in [6.45, 7) is 6.15. The third kappa shape index (κ3) is 3.75. The molecule has 1 unspecified atom stereocenters. The molecule has 2 aromatic carbocycles. The van der Waals surface area contributed by atoms with Gasteiger partial charge in [-0.05, 0) is 37.6 Å². The Balaban J connectivity index is 2.05. The van der Waals surface area contributed by atoms with Crippen LogP contribution in [-0.4, -0.2) is 6.29 Å². The maximum Gasteiger partial charge on any atom is 0.240 e. The zero-order valence-electron chi connectivity index (χ0n) is 11.7. The molecule has 0 saturated carbocycles. The average molecular weight is 256 g/mol. The normalized spacial score (nSPS) is 11.9. The number of hydrogen-bond donors (Lipinski definition) is 0. The largest absolute Gasteiger partial charge is 0.455 e. The third-order valence-corrected chi connectivity index (χ3v) is 2.97. The Labute approximate surface area is 115 Å². The van der Waals surface area contributed by atoms with E-state index in [9.17, 15) is 0 Å². The van der Waals surface area contributed by atoms with Gasteiger partial charge >= 0.3 is 0 Å². The van der Waals surface area contributed by atoms with Gasteiger partial charge in [-0.3, -0.25) is 0 Å². The molecule has 0 saturated heterocycles. The van der Waals surface area contributed by atoms with E-state index < -0.39 is 0 Å². The molecule has 0 radical (unpaired) electrons. The maximum atomic E-state index is 5.91. The number of benzene rings is 2. The van der Waals surface area contributed by atoms with E-state index in [1.54, 1.807) is 0 Å². The third-order valence-electron chi connectivity index (χ3n) is 2.97. The molecule has 0 N–H and O–H groups in total. The van der Waals surface area contributed by atoms with Gasteiger partial charge in [0.1, 0.15) is 11.5 Å². The zero-order chi connectivity index (χ0) is 13.7. The highest BCUT2D eigenvalue weighted by atomic mass is 16.7. The van der Waals surface area contributed by atoms with Crippen LogP contribution < -0.4 is 9.47 Å². The van der Waals surface area contributed by atoms with Gasteiger partial charge in [0.25, 0.3) is 0 Å². The van der Waals surface area contributed by atoms with Crippen LogP contribution in [-0.2, 0) is 0 Å². The summed E-state index contributed by atoms with van der Waals surface area (Å²) in [5, 5.41) is 0. The summed E-state index contributed by atoms with van der Waals surface area (Å²) in [6, 6.07) is 16.0. The fourth-order valence-corrected chi connectivity index (χ4v) is 1.79. The second kappa shape index (κ2) is 6.28. The van der Waals surface area contributed by atoms with Crippen molar-refractivity contribution < 1.29 is 9.47 Å². The second-order valence-electron chi connectivity index (χ2n) is 4.65. The summed E-state index contributed by atoms with van der Waals surface area (Å²) in [4.78, 5) is 0. The summed E-state index contributed by atoms with van der Waals surface area (Å²) < 4.78 is 11.8. The Kier molecular flexibility index (Phi) is 4.45. The van der Waals surface area contributed by atoms with Gasteiger partial charge in [0.15, 0.2) is 0 Å². The highest BCUT2D eigenvalue weighted by Crippen LogP contribution is 2.21. The number of ether oxygens (including phenoxy) is 2. The fraction of sp³-hybridized carbons (Fsp3) is 0.294. The Morgan fingerprint density at radius 1 is 0.895 bits per heavy atom. The van der Waals surface area contributed by atoms with E-state index in [2.05, 4.69) is 13.8 Å². The SMILES string of the molecule is CCC(Oc1ccc(C)cc1)Oc1ccccc1C. The van der Waals surface area contributed by atoms with E-state index in [0.717, 1.165) is 23.5 Å². The summed E-state index contributed by atoms with van der Waals surface area (Å²) >= 11 is 0. The van der Waals surface area contributed by atoms with E-state index in [0.29, 0.717) is 0 Å². The van der Waals surface area contributed by atoms with Gasteiger partial charge in [0.2, 0.25) is 6.29 Å². The summed E-state index contributed by atoms with van der Waals surface area (Å²) in [5.41, 5.74) is 2.34. The van der Waals surface area contributed by atoms with Crippen LogP contribution in [0.1, 0.15) is 24.5 Å². The molecule has 2 aromatic rings. The number of para-hydroxylation sites is 1. The predicted octanol–water partition coefficient (Wildman–Crippen LogP) is 4.50. The molecule has 0 aromatic heterocycles. The van der Waals surface area contributed by atoms with Crippen molar-refractivity contribution in [3.63, 3.8) is 0 Å². The van der Waals surface area contributed by atoms with Crippen molar-refractivity contribution in [1.82, 2.24) is 0 Å². The molecule has 0 amide bonds. The molecule has 2 heteroatoms. The Hall–Kier alpha value is -1.96. The van der Waals surface area contributed by atoms with Gasteiger partial charge in [-0.25, -0.2) is 0 Å². The Bertz CT molecular complexity index is 517. The molecule has 0 spiro atoms. The van der Waals surface area contributed by atoms with Crippen LogP contribution in [0.15, 0.2) is 48.5 Å². The first kappa shape index (κ1) is 13.5. The van der Waals surface area contributed by atoms with Crippen molar-refractivity contribution in [2.24, 2.45) is 0 Å². The van der Waals surface area contributed by atoms with Crippen LogP contribution in [0.3, 0.4) is 0 Å². The van der Waals surface area contributed by atoms with Gasteiger partial charge in [0, 0.05) is 6.42 Å². The van der Waals surface area contributed by atoms with E-state index in [-0.39, 0.29) is 6.29 Å². The average Bonchev–Trinajstić information content (AvgIpc) is 2.43. The van der Waals surface area contributed by atoms with Crippen LogP contribution in [0.25, 0.3) is 0 Å². The van der Waals surface area contributed by atoms with Gasteiger partial charge in [-0.15, -0.1) is 0 Å². The smallest absolute Gasteiger partial charge is 0.240 e. The first-order valence-corrected chi connectivity index (χ1v) is 6.64.